The molecule has 0 atom stereocenters. The normalized spacial score (nSPS) is 11.7. The Morgan fingerprint density at radius 3 is 2.47 bits per heavy atom. The zero-order valence-electron chi connectivity index (χ0n) is 9.38. The SMILES string of the molecule is CC(C)NS(=O)(=O)c1ccc(N)cc1[N+](=O)[O-]. The Labute approximate surface area is 98.8 Å². The van der Waals surface area contributed by atoms with E-state index in [0.29, 0.717) is 0 Å². The largest absolute Gasteiger partial charge is 0.399 e. The molecule has 1 aromatic carbocycles. The highest BCUT2D eigenvalue weighted by Crippen LogP contribution is 2.25. The first-order chi connectivity index (χ1) is 7.74. The molecule has 0 bridgehead atoms. The second kappa shape index (κ2) is 4.68. The van der Waals surface area contributed by atoms with Crippen LogP contribution in [0.1, 0.15) is 13.8 Å². The van der Waals surface area contributed by atoms with Crippen LogP contribution in [0.25, 0.3) is 0 Å². The fourth-order valence-electron chi connectivity index (χ4n) is 1.28. The number of hydrogen-bond donors (Lipinski definition) is 2. The highest BCUT2D eigenvalue weighted by molar-refractivity contribution is 7.89. The number of hydrogen-bond acceptors (Lipinski definition) is 5. The van der Waals surface area contributed by atoms with E-state index in [4.69, 9.17) is 5.73 Å². The summed E-state index contributed by atoms with van der Waals surface area (Å²) in [5.74, 6) is 0. The van der Waals surface area contributed by atoms with Crippen LogP contribution < -0.4 is 10.5 Å². The summed E-state index contributed by atoms with van der Waals surface area (Å²) in [5, 5.41) is 10.8. The van der Waals surface area contributed by atoms with E-state index in [0.717, 1.165) is 12.1 Å². The van der Waals surface area contributed by atoms with E-state index in [2.05, 4.69) is 4.72 Å². The second-order valence-corrected chi connectivity index (χ2v) is 5.44. The standard InChI is InChI=1S/C9H13N3O4S/c1-6(2)11-17(15,16)9-4-3-7(10)5-8(9)12(13)14/h3-6,11H,10H2,1-2H3. The molecule has 17 heavy (non-hydrogen) atoms. The molecule has 0 spiro atoms. The number of nitrogen functional groups attached to an aromatic ring is 1. The van der Waals surface area contributed by atoms with Gasteiger partial charge in [0.05, 0.1) is 4.92 Å². The highest BCUT2D eigenvalue weighted by atomic mass is 32.2. The Balaban J connectivity index is 3.36. The van der Waals surface area contributed by atoms with Gasteiger partial charge in [0, 0.05) is 17.8 Å². The maximum absolute atomic E-state index is 11.8. The van der Waals surface area contributed by atoms with Gasteiger partial charge in [0.15, 0.2) is 4.90 Å². The number of nitro benzene ring substituents is 1. The molecule has 0 aliphatic heterocycles. The molecule has 3 N–H and O–H groups in total. The van der Waals surface area contributed by atoms with Gasteiger partial charge in [-0.15, -0.1) is 0 Å². The number of nitro groups is 1. The van der Waals surface area contributed by atoms with E-state index >= 15 is 0 Å². The minimum Gasteiger partial charge on any atom is -0.399 e. The minimum absolute atomic E-state index is 0.139. The lowest BCUT2D eigenvalue weighted by Crippen LogP contribution is -2.30. The molecule has 0 aliphatic rings. The van der Waals surface area contributed by atoms with Crippen molar-refractivity contribution in [3.05, 3.63) is 28.3 Å². The van der Waals surface area contributed by atoms with Crippen molar-refractivity contribution in [1.82, 2.24) is 4.72 Å². The average Bonchev–Trinajstić information content (AvgIpc) is 2.14. The van der Waals surface area contributed by atoms with E-state index in [1.807, 2.05) is 0 Å². The van der Waals surface area contributed by atoms with Crippen LogP contribution in [-0.2, 0) is 10.0 Å². The lowest BCUT2D eigenvalue weighted by molar-refractivity contribution is -0.387. The van der Waals surface area contributed by atoms with E-state index in [-0.39, 0.29) is 16.6 Å². The van der Waals surface area contributed by atoms with Gasteiger partial charge in [-0.25, -0.2) is 13.1 Å². The third-order valence-electron chi connectivity index (χ3n) is 1.86. The molecule has 0 heterocycles. The van der Waals surface area contributed by atoms with E-state index < -0.39 is 20.6 Å². The van der Waals surface area contributed by atoms with Crippen molar-refractivity contribution >= 4 is 21.4 Å². The van der Waals surface area contributed by atoms with Crippen LogP contribution in [0.5, 0.6) is 0 Å². The van der Waals surface area contributed by atoms with Crippen molar-refractivity contribution in [3.63, 3.8) is 0 Å². The van der Waals surface area contributed by atoms with Crippen LogP contribution in [0.2, 0.25) is 0 Å². The van der Waals surface area contributed by atoms with Crippen LogP contribution in [0.15, 0.2) is 23.1 Å². The van der Waals surface area contributed by atoms with Gasteiger partial charge in [0.25, 0.3) is 5.69 Å². The molecular weight excluding hydrogens is 246 g/mol. The molecular formula is C9H13N3O4S. The lowest BCUT2D eigenvalue weighted by Gasteiger charge is -2.09. The maximum atomic E-state index is 11.8. The van der Waals surface area contributed by atoms with E-state index in [9.17, 15) is 18.5 Å². The van der Waals surface area contributed by atoms with Crippen molar-refractivity contribution in [2.45, 2.75) is 24.8 Å². The topological polar surface area (TPSA) is 115 Å². The summed E-state index contributed by atoms with van der Waals surface area (Å²) < 4.78 is 25.9. The fourth-order valence-corrected chi connectivity index (χ4v) is 2.68. The average molecular weight is 259 g/mol. The first-order valence-corrected chi connectivity index (χ1v) is 6.28. The zero-order valence-corrected chi connectivity index (χ0v) is 10.2. The molecule has 1 rings (SSSR count). The Morgan fingerprint density at radius 1 is 1.41 bits per heavy atom. The van der Waals surface area contributed by atoms with Crippen molar-refractivity contribution in [1.29, 1.82) is 0 Å². The van der Waals surface area contributed by atoms with Crippen molar-refractivity contribution in [2.24, 2.45) is 0 Å². The summed E-state index contributed by atoms with van der Waals surface area (Å²) in [4.78, 5) is 9.61. The van der Waals surface area contributed by atoms with Crippen LogP contribution in [0.4, 0.5) is 11.4 Å². The van der Waals surface area contributed by atoms with Crippen LogP contribution >= 0.6 is 0 Å². The Bertz CT molecular complexity index is 539. The molecule has 0 radical (unpaired) electrons. The molecule has 0 amide bonds. The molecule has 0 saturated carbocycles. The molecule has 0 aromatic heterocycles. The smallest absolute Gasteiger partial charge is 0.291 e. The first-order valence-electron chi connectivity index (χ1n) is 4.80. The minimum atomic E-state index is -3.90. The summed E-state index contributed by atoms with van der Waals surface area (Å²) >= 11 is 0. The highest BCUT2D eigenvalue weighted by Gasteiger charge is 2.26. The molecule has 0 unspecified atom stereocenters. The number of anilines is 1. The number of nitrogens with one attached hydrogen (secondary N) is 1. The van der Waals surface area contributed by atoms with Gasteiger partial charge in [-0.05, 0) is 26.0 Å². The van der Waals surface area contributed by atoms with Crippen LogP contribution in [-0.4, -0.2) is 19.4 Å². The summed E-state index contributed by atoms with van der Waals surface area (Å²) in [6.45, 7) is 3.25. The van der Waals surface area contributed by atoms with Gasteiger partial charge in [-0.1, -0.05) is 0 Å². The first kappa shape index (κ1) is 13.4. The third kappa shape index (κ3) is 3.14. The van der Waals surface area contributed by atoms with Crippen LogP contribution in [0.3, 0.4) is 0 Å². The summed E-state index contributed by atoms with van der Waals surface area (Å²) in [6, 6.07) is 3.10. The molecule has 8 heteroatoms. The molecule has 0 aliphatic carbocycles. The Hall–Kier alpha value is -1.67. The lowest BCUT2D eigenvalue weighted by atomic mass is 10.3. The number of rotatable bonds is 4. The maximum Gasteiger partial charge on any atom is 0.291 e. The number of nitrogens with two attached hydrogens (primary N) is 1. The van der Waals surface area contributed by atoms with Gasteiger partial charge in [-0.3, -0.25) is 10.1 Å². The Morgan fingerprint density at radius 2 is 2.00 bits per heavy atom. The summed E-state index contributed by atoms with van der Waals surface area (Å²) in [7, 11) is -3.90. The molecule has 0 fully saturated rings. The van der Waals surface area contributed by atoms with Crippen LogP contribution in [0, 0.1) is 10.1 Å². The number of sulfonamides is 1. The Kier molecular flexibility index (Phi) is 3.69. The second-order valence-electron chi connectivity index (χ2n) is 3.76. The van der Waals surface area contributed by atoms with Gasteiger partial charge in [0.1, 0.15) is 0 Å². The summed E-state index contributed by atoms with van der Waals surface area (Å²) in [6.07, 6.45) is 0. The fraction of sp³-hybridized carbons (Fsp3) is 0.333. The van der Waals surface area contributed by atoms with Gasteiger partial charge in [-0.2, -0.15) is 0 Å². The van der Waals surface area contributed by atoms with E-state index in [1.54, 1.807) is 13.8 Å². The quantitative estimate of drug-likeness (QED) is 0.472. The van der Waals surface area contributed by atoms with Gasteiger partial charge >= 0.3 is 0 Å². The zero-order chi connectivity index (χ0) is 13.2. The number of nitrogens with zero attached hydrogens (tertiary/aromatic N) is 1. The van der Waals surface area contributed by atoms with Gasteiger partial charge in [0.2, 0.25) is 10.0 Å². The molecule has 0 saturated heterocycles. The summed E-state index contributed by atoms with van der Waals surface area (Å²) in [5.41, 5.74) is 5.00. The van der Waals surface area contributed by atoms with Gasteiger partial charge < -0.3 is 5.73 Å². The molecule has 94 valence electrons. The van der Waals surface area contributed by atoms with Crippen molar-refractivity contribution in [2.75, 3.05) is 5.73 Å². The van der Waals surface area contributed by atoms with Crippen molar-refractivity contribution in [3.8, 4) is 0 Å². The van der Waals surface area contributed by atoms with E-state index in [1.165, 1.54) is 6.07 Å². The monoisotopic (exact) mass is 259 g/mol. The predicted molar refractivity (Wildman–Crippen MR) is 63.0 cm³/mol. The predicted octanol–water partition coefficient (Wildman–Crippen LogP) is 0.864. The molecule has 7 nitrogen and oxygen atoms in total. The number of benzene rings is 1. The third-order valence-corrected chi connectivity index (χ3v) is 3.57. The molecule has 1 aromatic rings. The van der Waals surface area contributed by atoms with Crippen molar-refractivity contribution < 1.29 is 13.3 Å².